The molecule has 0 aliphatic carbocycles. The summed E-state index contributed by atoms with van der Waals surface area (Å²) in [4.78, 5) is 0. The van der Waals surface area contributed by atoms with Gasteiger partial charge in [-0.2, -0.15) is 0 Å². The molecule has 3 heteroatoms. The van der Waals surface area contributed by atoms with E-state index >= 15 is 0 Å². The minimum absolute atomic E-state index is 0.146. The first kappa shape index (κ1) is 9.27. The van der Waals surface area contributed by atoms with Gasteiger partial charge < -0.3 is 10.5 Å². The third-order valence-corrected chi connectivity index (χ3v) is 2.96. The van der Waals surface area contributed by atoms with E-state index in [0.717, 1.165) is 30.8 Å². The molecule has 1 unspecified atom stereocenters. The van der Waals surface area contributed by atoms with Crippen molar-refractivity contribution in [3.05, 3.63) is 27.3 Å². The van der Waals surface area contributed by atoms with Gasteiger partial charge in [0.05, 0.1) is 6.61 Å². The highest BCUT2D eigenvalue weighted by Gasteiger charge is 2.15. The third kappa shape index (κ3) is 1.96. The van der Waals surface area contributed by atoms with Crippen LogP contribution in [-0.2, 0) is 0 Å². The standard InChI is InChI=1S/C10H12INO/c11-7-3-4-10-8(6-7)9(12)2-1-5-13-10/h3-4,6,9H,1-2,5,12H2. The van der Waals surface area contributed by atoms with Crippen molar-refractivity contribution >= 4 is 22.6 Å². The number of ether oxygens (including phenoxy) is 1. The van der Waals surface area contributed by atoms with E-state index < -0.39 is 0 Å². The molecule has 0 fully saturated rings. The van der Waals surface area contributed by atoms with Gasteiger partial charge in [0.15, 0.2) is 0 Å². The van der Waals surface area contributed by atoms with Crippen LogP contribution in [0.1, 0.15) is 24.4 Å². The highest BCUT2D eigenvalue weighted by molar-refractivity contribution is 14.1. The smallest absolute Gasteiger partial charge is 0.124 e. The summed E-state index contributed by atoms with van der Waals surface area (Å²) in [5, 5.41) is 0. The fourth-order valence-corrected chi connectivity index (χ4v) is 2.10. The van der Waals surface area contributed by atoms with Gasteiger partial charge in [0.25, 0.3) is 0 Å². The van der Waals surface area contributed by atoms with Crippen molar-refractivity contribution < 1.29 is 4.74 Å². The molecule has 0 spiro atoms. The number of benzene rings is 1. The van der Waals surface area contributed by atoms with Crippen molar-refractivity contribution in [2.45, 2.75) is 18.9 Å². The molecule has 1 aliphatic heterocycles. The van der Waals surface area contributed by atoms with Crippen LogP contribution in [0.25, 0.3) is 0 Å². The average molecular weight is 289 g/mol. The normalized spacial score (nSPS) is 21.5. The second-order valence-electron chi connectivity index (χ2n) is 3.28. The molecule has 1 heterocycles. The van der Waals surface area contributed by atoms with Gasteiger partial charge in [0.2, 0.25) is 0 Å². The maximum absolute atomic E-state index is 6.03. The van der Waals surface area contributed by atoms with E-state index in [2.05, 4.69) is 34.7 Å². The zero-order chi connectivity index (χ0) is 9.26. The summed E-state index contributed by atoms with van der Waals surface area (Å²) in [7, 11) is 0. The Balaban J connectivity index is 2.43. The first-order valence-electron chi connectivity index (χ1n) is 4.45. The topological polar surface area (TPSA) is 35.2 Å². The maximum Gasteiger partial charge on any atom is 0.124 e. The third-order valence-electron chi connectivity index (χ3n) is 2.29. The number of halogens is 1. The van der Waals surface area contributed by atoms with Crippen molar-refractivity contribution in [1.82, 2.24) is 0 Å². The van der Waals surface area contributed by atoms with Gasteiger partial charge in [-0.15, -0.1) is 0 Å². The first-order valence-corrected chi connectivity index (χ1v) is 5.53. The lowest BCUT2D eigenvalue weighted by Gasteiger charge is -2.11. The summed E-state index contributed by atoms with van der Waals surface area (Å²) in [6.07, 6.45) is 2.07. The Kier molecular flexibility index (Phi) is 2.74. The van der Waals surface area contributed by atoms with Gasteiger partial charge in [-0.1, -0.05) is 0 Å². The van der Waals surface area contributed by atoms with Gasteiger partial charge in [-0.25, -0.2) is 0 Å². The minimum Gasteiger partial charge on any atom is -0.493 e. The maximum atomic E-state index is 6.03. The van der Waals surface area contributed by atoms with Gasteiger partial charge in [-0.3, -0.25) is 0 Å². The summed E-state index contributed by atoms with van der Waals surface area (Å²) in [5.74, 6) is 0.963. The summed E-state index contributed by atoms with van der Waals surface area (Å²) in [6, 6.07) is 6.33. The second kappa shape index (κ2) is 3.84. The van der Waals surface area contributed by atoms with Gasteiger partial charge in [0, 0.05) is 15.2 Å². The van der Waals surface area contributed by atoms with Crippen molar-refractivity contribution in [2.24, 2.45) is 5.73 Å². The SMILES string of the molecule is NC1CCCOc2ccc(I)cc21. The lowest BCUT2D eigenvalue weighted by molar-refractivity contribution is 0.316. The first-order chi connectivity index (χ1) is 6.27. The molecule has 13 heavy (non-hydrogen) atoms. The quantitative estimate of drug-likeness (QED) is 0.745. The molecule has 0 saturated heterocycles. The highest BCUT2D eigenvalue weighted by atomic mass is 127. The van der Waals surface area contributed by atoms with Crippen LogP contribution in [0.2, 0.25) is 0 Å². The number of hydrogen-bond donors (Lipinski definition) is 1. The second-order valence-corrected chi connectivity index (χ2v) is 4.52. The van der Waals surface area contributed by atoms with E-state index in [1.165, 1.54) is 3.57 Å². The molecular weight excluding hydrogens is 277 g/mol. The van der Waals surface area contributed by atoms with Crippen LogP contribution in [0.3, 0.4) is 0 Å². The molecule has 2 rings (SSSR count). The molecule has 2 nitrogen and oxygen atoms in total. The number of fused-ring (bicyclic) bond motifs is 1. The Morgan fingerprint density at radius 1 is 1.46 bits per heavy atom. The summed E-state index contributed by atoms with van der Waals surface area (Å²) < 4.78 is 6.81. The molecule has 0 saturated carbocycles. The van der Waals surface area contributed by atoms with Crippen LogP contribution in [-0.4, -0.2) is 6.61 Å². The zero-order valence-electron chi connectivity index (χ0n) is 7.29. The van der Waals surface area contributed by atoms with Crippen molar-refractivity contribution in [1.29, 1.82) is 0 Å². The Hall–Kier alpha value is -0.290. The van der Waals surface area contributed by atoms with Crippen molar-refractivity contribution in [3.8, 4) is 5.75 Å². The van der Waals surface area contributed by atoms with Gasteiger partial charge >= 0.3 is 0 Å². The predicted molar refractivity (Wildman–Crippen MR) is 60.8 cm³/mol. The summed E-state index contributed by atoms with van der Waals surface area (Å²) in [5.41, 5.74) is 7.19. The lowest BCUT2D eigenvalue weighted by atomic mass is 10.0. The summed E-state index contributed by atoms with van der Waals surface area (Å²) in [6.45, 7) is 0.793. The molecule has 1 aromatic rings. The number of nitrogens with two attached hydrogens (primary N) is 1. The van der Waals surface area contributed by atoms with Crippen LogP contribution < -0.4 is 10.5 Å². The molecule has 70 valence electrons. The van der Waals surface area contributed by atoms with Crippen molar-refractivity contribution in [2.75, 3.05) is 6.61 Å². The summed E-state index contributed by atoms with van der Waals surface area (Å²) >= 11 is 2.30. The fraction of sp³-hybridized carbons (Fsp3) is 0.400. The molecule has 1 aromatic carbocycles. The largest absolute Gasteiger partial charge is 0.493 e. The van der Waals surface area contributed by atoms with E-state index in [9.17, 15) is 0 Å². The van der Waals surface area contributed by atoms with E-state index in [4.69, 9.17) is 10.5 Å². The van der Waals surface area contributed by atoms with Crippen LogP contribution in [0.15, 0.2) is 18.2 Å². The monoisotopic (exact) mass is 289 g/mol. The lowest BCUT2D eigenvalue weighted by Crippen LogP contribution is -2.09. The van der Waals surface area contributed by atoms with Gasteiger partial charge in [0.1, 0.15) is 5.75 Å². The predicted octanol–water partition coefficient (Wildman–Crippen LogP) is 2.46. The molecule has 0 radical (unpaired) electrons. The molecule has 1 atom stereocenters. The number of rotatable bonds is 0. The Morgan fingerprint density at radius 3 is 3.15 bits per heavy atom. The molecule has 0 bridgehead atoms. The van der Waals surface area contributed by atoms with Gasteiger partial charge in [-0.05, 0) is 53.6 Å². The molecular formula is C10H12INO. The Morgan fingerprint density at radius 2 is 2.31 bits per heavy atom. The van der Waals surface area contributed by atoms with E-state index in [0.29, 0.717) is 0 Å². The molecule has 1 aliphatic rings. The van der Waals surface area contributed by atoms with Crippen LogP contribution in [0.5, 0.6) is 5.75 Å². The molecule has 0 aromatic heterocycles. The Labute approximate surface area is 91.6 Å². The number of hydrogen-bond acceptors (Lipinski definition) is 2. The zero-order valence-corrected chi connectivity index (χ0v) is 9.45. The van der Waals surface area contributed by atoms with E-state index in [1.807, 2.05) is 6.07 Å². The van der Waals surface area contributed by atoms with Crippen LogP contribution >= 0.6 is 22.6 Å². The minimum atomic E-state index is 0.146. The fourth-order valence-electron chi connectivity index (χ4n) is 1.58. The van der Waals surface area contributed by atoms with Crippen LogP contribution in [0.4, 0.5) is 0 Å². The Bertz CT molecular complexity index is 314. The highest BCUT2D eigenvalue weighted by Crippen LogP contribution is 2.30. The van der Waals surface area contributed by atoms with Crippen molar-refractivity contribution in [3.63, 3.8) is 0 Å². The molecule has 0 amide bonds. The van der Waals surface area contributed by atoms with E-state index in [-0.39, 0.29) is 6.04 Å². The van der Waals surface area contributed by atoms with E-state index in [1.54, 1.807) is 0 Å². The van der Waals surface area contributed by atoms with Crippen LogP contribution in [0, 0.1) is 3.57 Å². The average Bonchev–Trinajstić information content (AvgIpc) is 2.29. The molecule has 2 N–H and O–H groups in total.